The molecule has 2 aliphatic rings. The fraction of sp³-hybridized carbons (Fsp3) is 0.700. The standard InChI is InChI=1S/C20H30N4O2/c1-12(2)21-18(25)10-17-13(3)22-19(23-14(17)4)16-6-5-9-24(11-16)20(26)15-7-8-15/h12,15-16H,5-11H2,1-4H3,(H,21,25)/t16-/m1/s1. The summed E-state index contributed by atoms with van der Waals surface area (Å²) in [4.78, 5) is 35.9. The number of hydrogen-bond acceptors (Lipinski definition) is 4. The highest BCUT2D eigenvalue weighted by atomic mass is 16.2. The highest BCUT2D eigenvalue weighted by Gasteiger charge is 2.36. The predicted molar refractivity (Wildman–Crippen MR) is 99.8 cm³/mol. The first-order chi connectivity index (χ1) is 12.3. The monoisotopic (exact) mass is 358 g/mol. The third-order valence-corrected chi connectivity index (χ3v) is 5.25. The van der Waals surface area contributed by atoms with Crippen LogP contribution >= 0.6 is 0 Å². The highest BCUT2D eigenvalue weighted by molar-refractivity contribution is 5.81. The van der Waals surface area contributed by atoms with E-state index in [9.17, 15) is 9.59 Å². The van der Waals surface area contributed by atoms with Crippen LogP contribution in [0.4, 0.5) is 0 Å². The van der Waals surface area contributed by atoms with Gasteiger partial charge in [0.1, 0.15) is 5.82 Å². The smallest absolute Gasteiger partial charge is 0.225 e. The van der Waals surface area contributed by atoms with Crippen molar-refractivity contribution in [3.05, 3.63) is 22.8 Å². The minimum Gasteiger partial charge on any atom is -0.354 e. The van der Waals surface area contributed by atoms with Crippen LogP contribution in [0.15, 0.2) is 0 Å². The molecule has 1 saturated carbocycles. The Hall–Kier alpha value is -1.98. The molecular weight excluding hydrogens is 328 g/mol. The molecule has 1 aliphatic heterocycles. The zero-order valence-corrected chi connectivity index (χ0v) is 16.3. The van der Waals surface area contributed by atoms with E-state index in [-0.39, 0.29) is 23.8 Å². The van der Waals surface area contributed by atoms with Crippen molar-refractivity contribution in [3.63, 3.8) is 0 Å². The van der Waals surface area contributed by atoms with Gasteiger partial charge in [-0.15, -0.1) is 0 Å². The number of nitrogens with zero attached hydrogens (tertiary/aromatic N) is 3. The maximum absolute atomic E-state index is 12.4. The van der Waals surface area contributed by atoms with Gasteiger partial charge in [-0.05, 0) is 53.4 Å². The molecule has 0 unspecified atom stereocenters. The zero-order chi connectivity index (χ0) is 18.8. The second kappa shape index (κ2) is 7.72. The quantitative estimate of drug-likeness (QED) is 0.876. The summed E-state index contributed by atoms with van der Waals surface area (Å²) in [7, 11) is 0. The average molecular weight is 358 g/mol. The minimum absolute atomic E-state index is 0.00132. The fourth-order valence-electron chi connectivity index (χ4n) is 3.71. The van der Waals surface area contributed by atoms with Crippen LogP contribution in [-0.2, 0) is 16.0 Å². The maximum atomic E-state index is 12.4. The van der Waals surface area contributed by atoms with E-state index in [1.165, 1.54) is 0 Å². The number of piperidine rings is 1. The number of nitrogens with one attached hydrogen (secondary N) is 1. The summed E-state index contributed by atoms with van der Waals surface area (Å²) in [6.45, 7) is 9.39. The normalized spacial score (nSPS) is 20.3. The summed E-state index contributed by atoms with van der Waals surface area (Å²) in [6, 6.07) is 0.125. The van der Waals surface area contributed by atoms with Crippen molar-refractivity contribution in [1.29, 1.82) is 0 Å². The summed E-state index contributed by atoms with van der Waals surface area (Å²) in [6.07, 6.45) is 4.42. The van der Waals surface area contributed by atoms with Gasteiger partial charge in [0.25, 0.3) is 0 Å². The van der Waals surface area contributed by atoms with E-state index in [1.807, 2.05) is 32.6 Å². The van der Waals surface area contributed by atoms with Gasteiger partial charge in [-0.2, -0.15) is 0 Å². The van der Waals surface area contributed by atoms with E-state index in [4.69, 9.17) is 9.97 Å². The highest BCUT2D eigenvalue weighted by Crippen LogP contribution is 2.34. The third kappa shape index (κ3) is 4.40. The van der Waals surface area contributed by atoms with Crippen LogP contribution in [0.3, 0.4) is 0 Å². The largest absolute Gasteiger partial charge is 0.354 e. The van der Waals surface area contributed by atoms with Gasteiger partial charge in [-0.3, -0.25) is 9.59 Å². The number of aromatic nitrogens is 2. The Morgan fingerprint density at radius 3 is 2.38 bits per heavy atom. The van der Waals surface area contributed by atoms with Gasteiger partial charge in [-0.1, -0.05) is 0 Å². The molecule has 1 aromatic rings. The number of amides is 2. The molecule has 0 aromatic carbocycles. The first-order valence-electron chi connectivity index (χ1n) is 9.77. The third-order valence-electron chi connectivity index (χ3n) is 5.25. The van der Waals surface area contributed by atoms with Crippen molar-refractivity contribution in [2.75, 3.05) is 13.1 Å². The lowest BCUT2D eigenvalue weighted by molar-refractivity contribution is -0.133. The van der Waals surface area contributed by atoms with Crippen LogP contribution in [0.25, 0.3) is 0 Å². The van der Waals surface area contributed by atoms with Gasteiger partial charge >= 0.3 is 0 Å². The van der Waals surface area contributed by atoms with Crippen molar-refractivity contribution in [2.45, 2.75) is 71.8 Å². The van der Waals surface area contributed by atoms with Crippen LogP contribution in [0.5, 0.6) is 0 Å². The molecule has 1 atom stereocenters. The molecule has 26 heavy (non-hydrogen) atoms. The molecule has 3 rings (SSSR count). The van der Waals surface area contributed by atoms with Crippen LogP contribution in [-0.4, -0.2) is 45.8 Å². The number of rotatable bonds is 5. The van der Waals surface area contributed by atoms with E-state index >= 15 is 0 Å². The molecule has 2 amide bonds. The summed E-state index contributed by atoms with van der Waals surface area (Å²) >= 11 is 0. The maximum Gasteiger partial charge on any atom is 0.225 e. The Balaban J connectivity index is 1.72. The van der Waals surface area contributed by atoms with E-state index in [0.717, 1.165) is 61.5 Å². The molecule has 6 heteroatoms. The number of likely N-dealkylation sites (tertiary alicyclic amines) is 1. The predicted octanol–water partition coefficient (Wildman–Crippen LogP) is 2.28. The molecule has 0 bridgehead atoms. The van der Waals surface area contributed by atoms with E-state index < -0.39 is 0 Å². The zero-order valence-electron chi connectivity index (χ0n) is 16.3. The van der Waals surface area contributed by atoms with Gasteiger partial charge < -0.3 is 10.2 Å². The van der Waals surface area contributed by atoms with Gasteiger partial charge in [0, 0.05) is 47.9 Å². The lowest BCUT2D eigenvalue weighted by Gasteiger charge is -2.32. The number of carbonyl (C=O) groups is 2. The average Bonchev–Trinajstić information content (AvgIpc) is 3.42. The van der Waals surface area contributed by atoms with Gasteiger partial charge in [0.2, 0.25) is 11.8 Å². The number of aryl methyl sites for hydroxylation is 2. The molecule has 142 valence electrons. The summed E-state index contributed by atoms with van der Waals surface area (Å²) < 4.78 is 0. The Kier molecular flexibility index (Phi) is 5.58. The molecule has 1 aliphatic carbocycles. The number of hydrogen-bond donors (Lipinski definition) is 1. The molecular formula is C20H30N4O2. The first-order valence-corrected chi connectivity index (χ1v) is 9.77. The summed E-state index contributed by atoms with van der Waals surface area (Å²) in [5.74, 6) is 1.59. The minimum atomic E-state index is 0.00132. The fourth-order valence-corrected chi connectivity index (χ4v) is 3.71. The van der Waals surface area contributed by atoms with Gasteiger partial charge in [0.05, 0.1) is 6.42 Å². The molecule has 1 N–H and O–H groups in total. The van der Waals surface area contributed by atoms with Crippen molar-refractivity contribution >= 4 is 11.8 Å². The Bertz CT molecular complexity index is 674. The van der Waals surface area contributed by atoms with E-state index in [2.05, 4.69) is 5.32 Å². The van der Waals surface area contributed by atoms with Crippen molar-refractivity contribution < 1.29 is 9.59 Å². The van der Waals surface area contributed by atoms with E-state index in [0.29, 0.717) is 12.3 Å². The van der Waals surface area contributed by atoms with Crippen molar-refractivity contribution in [2.24, 2.45) is 5.92 Å². The molecule has 0 radical (unpaired) electrons. The van der Waals surface area contributed by atoms with Crippen LogP contribution in [0.2, 0.25) is 0 Å². The Morgan fingerprint density at radius 2 is 1.81 bits per heavy atom. The summed E-state index contributed by atoms with van der Waals surface area (Å²) in [5, 5.41) is 2.92. The SMILES string of the molecule is Cc1nc([C@@H]2CCCN(C(=O)C3CC3)C2)nc(C)c1CC(=O)NC(C)C. The van der Waals surface area contributed by atoms with Gasteiger partial charge in [0.15, 0.2) is 0 Å². The lowest BCUT2D eigenvalue weighted by atomic mass is 9.96. The van der Waals surface area contributed by atoms with Crippen LogP contribution < -0.4 is 5.32 Å². The Labute approximate surface area is 155 Å². The molecule has 0 spiro atoms. The second-order valence-electron chi connectivity index (χ2n) is 8.03. The molecule has 1 aromatic heterocycles. The second-order valence-corrected chi connectivity index (χ2v) is 8.03. The van der Waals surface area contributed by atoms with Crippen LogP contribution in [0.1, 0.15) is 68.2 Å². The van der Waals surface area contributed by atoms with Gasteiger partial charge in [-0.25, -0.2) is 9.97 Å². The van der Waals surface area contributed by atoms with E-state index in [1.54, 1.807) is 0 Å². The van der Waals surface area contributed by atoms with Crippen molar-refractivity contribution in [3.8, 4) is 0 Å². The lowest BCUT2D eigenvalue weighted by Crippen LogP contribution is -2.40. The molecule has 2 heterocycles. The Morgan fingerprint density at radius 1 is 1.15 bits per heavy atom. The van der Waals surface area contributed by atoms with Crippen LogP contribution in [0, 0.1) is 19.8 Å². The molecule has 6 nitrogen and oxygen atoms in total. The first kappa shape index (κ1) is 18.8. The summed E-state index contributed by atoms with van der Waals surface area (Å²) in [5.41, 5.74) is 2.66. The molecule has 2 fully saturated rings. The topological polar surface area (TPSA) is 75.2 Å². The number of carbonyl (C=O) groups excluding carboxylic acids is 2. The van der Waals surface area contributed by atoms with Crippen molar-refractivity contribution in [1.82, 2.24) is 20.2 Å². The molecule has 1 saturated heterocycles.